The van der Waals surface area contributed by atoms with Gasteiger partial charge >= 0.3 is 0 Å². The fraction of sp³-hybridized carbons (Fsp3) is 0.0370. The summed E-state index contributed by atoms with van der Waals surface area (Å²) in [6.07, 6.45) is 0. The van der Waals surface area contributed by atoms with Crippen LogP contribution in [0.3, 0.4) is 0 Å². The minimum atomic E-state index is -0.431. The smallest absolute Gasteiger partial charge is 0.0726 e. The minimum absolute atomic E-state index is 0.431. The summed E-state index contributed by atoms with van der Waals surface area (Å²) in [6.45, 7) is 2.27. The highest BCUT2D eigenvalue weighted by Crippen LogP contribution is 2.65. The maximum Gasteiger partial charge on any atom is 0.0726 e. The monoisotopic (exact) mass is 729 g/mol. The lowest BCUT2D eigenvalue weighted by molar-refractivity contribution is 0.794. The van der Waals surface area contributed by atoms with Gasteiger partial charge in [0.1, 0.15) is 0 Å². The molecule has 1 nitrogen and oxygen atoms in total. The molecule has 0 fully saturated rings. The lowest BCUT2D eigenvalue weighted by Gasteiger charge is -2.32. The Kier molecular flexibility index (Phi) is 6.70. The van der Waals surface area contributed by atoms with Crippen LogP contribution in [0.4, 0.5) is 17.1 Å². The summed E-state index contributed by atoms with van der Waals surface area (Å²) in [5.41, 5.74) is 17.4. The molecule has 0 aliphatic heterocycles. The molecule has 1 heterocycles. The number of hydrogen-bond donors (Lipinski definition) is 0. The molecule has 0 unspecified atom stereocenters. The zero-order chi connectivity index (χ0) is 37.0. The van der Waals surface area contributed by atoms with Gasteiger partial charge in [0.25, 0.3) is 0 Å². The van der Waals surface area contributed by atoms with Gasteiger partial charge in [-0.1, -0.05) is 170 Å². The van der Waals surface area contributed by atoms with Crippen molar-refractivity contribution in [3.05, 3.63) is 222 Å². The molecule has 9 aromatic carbocycles. The Morgan fingerprint density at radius 1 is 0.411 bits per heavy atom. The Morgan fingerprint density at radius 2 is 0.946 bits per heavy atom. The number of nitrogens with zero attached hydrogens (tertiary/aromatic N) is 1. The summed E-state index contributed by atoms with van der Waals surface area (Å²) in [5, 5.41) is 5.24. The quantitative estimate of drug-likeness (QED) is 0.174. The first kappa shape index (κ1) is 31.6. The molecule has 0 radical (unpaired) electrons. The Labute approximate surface area is 330 Å². The van der Waals surface area contributed by atoms with Crippen molar-refractivity contribution in [2.75, 3.05) is 4.90 Å². The number of para-hydroxylation sites is 1. The van der Waals surface area contributed by atoms with Crippen LogP contribution in [0.25, 0.3) is 64.3 Å². The van der Waals surface area contributed by atoms with E-state index in [1.54, 1.807) is 0 Å². The zero-order valence-corrected chi connectivity index (χ0v) is 31.6. The number of anilines is 3. The van der Waals surface area contributed by atoms with Gasteiger partial charge in [0.2, 0.25) is 0 Å². The van der Waals surface area contributed by atoms with E-state index in [0.29, 0.717) is 0 Å². The Bertz CT molecular complexity index is 3180. The summed E-state index contributed by atoms with van der Waals surface area (Å²) in [7, 11) is 0. The van der Waals surface area contributed by atoms with E-state index in [4.69, 9.17) is 0 Å². The van der Waals surface area contributed by atoms with Crippen LogP contribution >= 0.6 is 11.3 Å². The number of rotatable bonds is 4. The summed E-state index contributed by atoms with van der Waals surface area (Å²) >= 11 is 1.93. The van der Waals surface area contributed by atoms with E-state index in [9.17, 15) is 0 Å². The maximum absolute atomic E-state index is 2.58. The number of fused-ring (bicyclic) bond motifs is 15. The third-order valence-electron chi connectivity index (χ3n) is 12.4. The van der Waals surface area contributed by atoms with Crippen LogP contribution in [0, 0.1) is 6.92 Å². The molecule has 1 spiro atoms. The van der Waals surface area contributed by atoms with Gasteiger partial charge in [0.05, 0.1) is 27.2 Å². The molecule has 262 valence electrons. The van der Waals surface area contributed by atoms with Crippen molar-refractivity contribution in [1.29, 1.82) is 0 Å². The largest absolute Gasteiger partial charge is 0.308 e. The van der Waals surface area contributed by atoms with Crippen LogP contribution < -0.4 is 4.90 Å². The molecule has 0 bridgehead atoms. The minimum Gasteiger partial charge on any atom is -0.308 e. The van der Waals surface area contributed by atoms with Crippen molar-refractivity contribution in [3.63, 3.8) is 0 Å². The Morgan fingerprint density at radius 3 is 1.71 bits per heavy atom. The van der Waals surface area contributed by atoms with Crippen LogP contribution in [-0.4, -0.2) is 0 Å². The van der Waals surface area contributed by atoms with Crippen LogP contribution in [0.15, 0.2) is 194 Å². The second-order valence-corrected chi connectivity index (χ2v) is 16.2. The molecule has 0 amide bonds. The van der Waals surface area contributed by atoms with Crippen LogP contribution in [0.2, 0.25) is 0 Å². The second kappa shape index (κ2) is 11.9. The summed E-state index contributed by atoms with van der Waals surface area (Å²) in [5.74, 6) is 0. The van der Waals surface area contributed by atoms with E-state index in [1.807, 2.05) is 11.3 Å². The standard InChI is InChI=1S/C54H35NS/c1-34-33-36-19-5-6-21-38(36)50-42-25-15-32-49(53(42)56-52(34)50)55(47-30-14-10-20-37(47)35-17-3-2-4-18-35)48-31-16-29-46-51(48)41-24-9-13-28-45(41)54(46)43-26-11-7-22-39(43)40-23-8-12-27-44(40)54/h2-33H,1H3. The molecule has 2 heteroatoms. The van der Waals surface area contributed by atoms with E-state index < -0.39 is 5.41 Å². The zero-order valence-electron chi connectivity index (χ0n) is 30.8. The lowest BCUT2D eigenvalue weighted by atomic mass is 9.70. The normalized spacial score (nSPS) is 13.2. The van der Waals surface area contributed by atoms with Crippen molar-refractivity contribution >= 4 is 59.3 Å². The van der Waals surface area contributed by atoms with E-state index in [2.05, 4.69) is 206 Å². The van der Waals surface area contributed by atoms with Gasteiger partial charge in [-0.25, -0.2) is 0 Å². The van der Waals surface area contributed by atoms with Crippen molar-refractivity contribution in [2.24, 2.45) is 0 Å². The molecule has 0 saturated carbocycles. The molecular formula is C54H35NS. The first-order valence-corrected chi connectivity index (χ1v) is 20.3. The molecule has 56 heavy (non-hydrogen) atoms. The molecule has 2 aliphatic rings. The second-order valence-electron chi connectivity index (χ2n) is 15.2. The number of hydrogen-bond acceptors (Lipinski definition) is 2. The highest BCUT2D eigenvalue weighted by atomic mass is 32.1. The lowest BCUT2D eigenvalue weighted by Crippen LogP contribution is -2.26. The molecule has 12 rings (SSSR count). The van der Waals surface area contributed by atoms with E-state index in [-0.39, 0.29) is 0 Å². The molecule has 10 aromatic rings. The third-order valence-corrected chi connectivity index (χ3v) is 13.7. The third kappa shape index (κ3) is 4.14. The van der Waals surface area contributed by atoms with Crippen LogP contribution in [0.5, 0.6) is 0 Å². The topological polar surface area (TPSA) is 3.24 Å². The number of benzene rings is 9. The maximum atomic E-state index is 2.58. The van der Waals surface area contributed by atoms with Gasteiger partial charge < -0.3 is 4.90 Å². The first-order valence-electron chi connectivity index (χ1n) is 19.4. The Hall–Kier alpha value is -6.74. The van der Waals surface area contributed by atoms with Gasteiger partial charge in [-0.2, -0.15) is 0 Å². The fourth-order valence-electron chi connectivity index (χ4n) is 10.2. The van der Waals surface area contributed by atoms with Crippen molar-refractivity contribution in [2.45, 2.75) is 12.3 Å². The van der Waals surface area contributed by atoms with Gasteiger partial charge in [0, 0.05) is 26.6 Å². The van der Waals surface area contributed by atoms with Gasteiger partial charge in [0.15, 0.2) is 0 Å². The van der Waals surface area contributed by atoms with Gasteiger partial charge in [-0.05, 0) is 92.0 Å². The average molecular weight is 730 g/mol. The first-order chi connectivity index (χ1) is 27.7. The average Bonchev–Trinajstić information content (AvgIpc) is 3.90. The Balaban J connectivity index is 1.22. The highest BCUT2D eigenvalue weighted by molar-refractivity contribution is 7.26. The molecule has 0 atom stereocenters. The predicted molar refractivity (Wildman–Crippen MR) is 238 cm³/mol. The van der Waals surface area contributed by atoms with Crippen molar-refractivity contribution < 1.29 is 0 Å². The van der Waals surface area contributed by atoms with E-state index in [0.717, 1.165) is 5.69 Å². The summed E-state index contributed by atoms with van der Waals surface area (Å²) in [4.78, 5) is 2.58. The summed E-state index contributed by atoms with van der Waals surface area (Å²) in [6, 6.07) is 72.3. The van der Waals surface area contributed by atoms with Gasteiger partial charge in [-0.15, -0.1) is 11.3 Å². The van der Waals surface area contributed by atoms with Crippen molar-refractivity contribution in [1.82, 2.24) is 0 Å². The summed E-state index contributed by atoms with van der Waals surface area (Å²) < 4.78 is 2.64. The molecule has 0 saturated heterocycles. The van der Waals surface area contributed by atoms with Crippen LogP contribution in [-0.2, 0) is 5.41 Å². The van der Waals surface area contributed by atoms with Crippen LogP contribution in [0.1, 0.15) is 27.8 Å². The highest BCUT2D eigenvalue weighted by Gasteiger charge is 2.52. The fourth-order valence-corrected chi connectivity index (χ4v) is 11.5. The molecule has 0 N–H and O–H groups in total. The molecular weight excluding hydrogens is 695 g/mol. The van der Waals surface area contributed by atoms with Gasteiger partial charge in [-0.3, -0.25) is 0 Å². The molecule has 2 aliphatic carbocycles. The number of aryl methyl sites for hydroxylation is 1. The molecule has 1 aromatic heterocycles. The van der Waals surface area contributed by atoms with Crippen molar-refractivity contribution in [3.8, 4) is 33.4 Å². The number of thiophene rings is 1. The SMILES string of the molecule is Cc1cc2ccccc2c2c1sc1c(N(c3ccccc3-c3ccccc3)c3cccc4c3-c3ccccc3C43c4ccccc4-c4ccccc43)cccc12. The predicted octanol–water partition coefficient (Wildman–Crippen LogP) is 15.0. The van der Waals surface area contributed by atoms with E-state index >= 15 is 0 Å². The van der Waals surface area contributed by atoms with E-state index in [1.165, 1.54) is 104 Å².